The zero-order valence-corrected chi connectivity index (χ0v) is 9.27. The minimum atomic E-state index is -2.00. The van der Waals surface area contributed by atoms with E-state index in [1.165, 1.54) is 14.2 Å². The molecule has 1 rings (SSSR count). The normalized spacial score (nSPS) is 26.9. The molecule has 0 bridgehead atoms. The Morgan fingerprint density at radius 1 is 1.27 bits per heavy atom. The van der Waals surface area contributed by atoms with E-state index in [-0.39, 0.29) is 19.3 Å². The van der Waals surface area contributed by atoms with Crippen molar-refractivity contribution in [2.45, 2.75) is 24.4 Å². The summed E-state index contributed by atoms with van der Waals surface area (Å²) in [5.74, 6) is -1.17. The molecule has 0 spiro atoms. The van der Waals surface area contributed by atoms with Gasteiger partial charge in [-0.15, -0.1) is 0 Å². The number of carbonyl (C=O) groups is 2. The Morgan fingerprint density at radius 3 is 1.80 bits per heavy atom. The van der Waals surface area contributed by atoms with Gasteiger partial charge in [0.05, 0.1) is 27.1 Å². The lowest BCUT2D eigenvalue weighted by molar-refractivity contribution is -0.145. The van der Waals surface area contributed by atoms with Crippen LogP contribution in [0.2, 0.25) is 0 Å². The second kappa shape index (κ2) is 3.96. The number of alkyl halides is 2. The molecule has 0 N–H and O–H groups in total. The number of methoxy groups -OCH3 is 2. The van der Waals surface area contributed by atoms with Crippen LogP contribution in [0.15, 0.2) is 0 Å². The highest BCUT2D eigenvalue weighted by atomic mass is 35.5. The fourth-order valence-corrected chi connectivity index (χ4v) is 1.91. The molecule has 1 unspecified atom stereocenters. The summed E-state index contributed by atoms with van der Waals surface area (Å²) in [6, 6.07) is 0. The molecule has 4 nitrogen and oxygen atoms in total. The summed E-state index contributed by atoms with van der Waals surface area (Å²) in [7, 11) is 2.40. The lowest BCUT2D eigenvalue weighted by atomic mass is 9.98. The average Bonchev–Trinajstić information content (AvgIpc) is 2.66. The summed E-state index contributed by atoms with van der Waals surface area (Å²) in [5.41, 5.74) is -1.16. The maximum atomic E-state index is 13.5. The first-order chi connectivity index (χ1) is 6.87. The summed E-state index contributed by atoms with van der Waals surface area (Å²) in [6.45, 7) is 0. The number of hydrogen-bond acceptors (Lipinski definition) is 4. The second-order valence-electron chi connectivity index (χ2n) is 3.67. The maximum Gasteiger partial charge on any atom is 0.306 e. The van der Waals surface area contributed by atoms with Crippen LogP contribution in [0.3, 0.4) is 0 Å². The zero-order chi connectivity index (χ0) is 11.7. The van der Waals surface area contributed by atoms with Gasteiger partial charge in [-0.2, -0.15) is 0 Å². The monoisotopic (exact) mass is 238 g/mol. The second-order valence-corrected chi connectivity index (χ2v) is 4.27. The third-order valence-corrected chi connectivity index (χ3v) is 3.17. The predicted octanol–water partition coefficient (Wildman–Crippen LogP) is 1.41. The van der Waals surface area contributed by atoms with Crippen molar-refractivity contribution >= 4 is 23.5 Å². The van der Waals surface area contributed by atoms with Crippen molar-refractivity contribution in [3.63, 3.8) is 0 Å². The Morgan fingerprint density at radius 2 is 1.60 bits per heavy atom. The van der Waals surface area contributed by atoms with E-state index in [1.54, 1.807) is 0 Å². The maximum absolute atomic E-state index is 13.5. The molecule has 86 valence electrons. The molecule has 0 saturated heterocycles. The molecule has 0 heterocycles. The Bertz CT molecular complexity index is 272. The van der Waals surface area contributed by atoms with Crippen LogP contribution in [-0.4, -0.2) is 31.3 Å². The van der Waals surface area contributed by atoms with Crippen LogP contribution < -0.4 is 0 Å². The van der Waals surface area contributed by atoms with Gasteiger partial charge >= 0.3 is 11.9 Å². The minimum Gasteiger partial charge on any atom is -0.469 e. The highest BCUT2D eigenvalue weighted by Crippen LogP contribution is 2.66. The summed E-state index contributed by atoms with van der Waals surface area (Å²) in [4.78, 5) is 22.1. The topological polar surface area (TPSA) is 52.6 Å². The van der Waals surface area contributed by atoms with Gasteiger partial charge in [0, 0.05) is 11.8 Å². The van der Waals surface area contributed by atoms with E-state index >= 15 is 0 Å². The van der Waals surface area contributed by atoms with Gasteiger partial charge in [-0.3, -0.25) is 9.59 Å². The molecule has 1 saturated carbocycles. The molecule has 0 radical (unpaired) electrons. The van der Waals surface area contributed by atoms with Crippen molar-refractivity contribution < 1.29 is 23.5 Å². The average molecular weight is 239 g/mol. The van der Waals surface area contributed by atoms with Crippen LogP contribution in [-0.2, 0) is 19.1 Å². The fraction of sp³-hybridized carbons (Fsp3) is 0.778. The molecule has 1 atom stereocenters. The van der Waals surface area contributed by atoms with Gasteiger partial charge in [0.25, 0.3) is 0 Å². The largest absolute Gasteiger partial charge is 0.469 e. The van der Waals surface area contributed by atoms with Gasteiger partial charge in [-0.25, -0.2) is 4.39 Å². The molecule has 6 heteroatoms. The van der Waals surface area contributed by atoms with Crippen LogP contribution in [0, 0.1) is 5.41 Å². The molecule has 1 aliphatic rings. The van der Waals surface area contributed by atoms with E-state index in [0.717, 1.165) is 0 Å². The van der Waals surface area contributed by atoms with Crippen LogP contribution in [0.5, 0.6) is 0 Å². The lowest BCUT2D eigenvalue weighted by Gasteiger charge is -2.13. The fourth-order valence-electron chi connectivity index (χ4n) is 1.52. The van der Waals surface area contributed by atoms with Crippen molar-refractivity contribution in [1.29, 1.82) is 0 Å². The van der Waals surface area contributed by atoms with Crippen molar-refractivity contribution in [1.82, 2.24) is 0 Å². The standard InChI is InChI=1S/C9H12ClFO4/c1-14-6(12)3-8(4-7(13)15-2)5-9(8,10)11/h3-5H2,1-2H3. The van der Waals surface area contributed by atoms with Crippen LogP contribution in [0.4, 0.5) is 4.39 Å². The SMILES string of the molecule is COC(=O)CC1(CC(=O)OC)CC1(F)Cl. The van der Waals surface area contributed by atoms with Gasteiger partial charge in [-0.1, -0.05) is 11.6 Å². The lowest BCUT2D eigenvalue weighted by Crippen LogP contribution is -2.21. The first kappa shape index (κ1) is 12.2. The Labute approximate surface area is 91.7 Å². The van der Waals surface area contributed by atoms with Crippen molar-refractivity contribution in [3.05, 3.63) is 0 Å². The first-order valence-corrected chi connectivity index (χ1v) is 4.76. The van der Waals surface area contributed by atoms with Gasteiger partial charge < -0.3 is 9.47 Å². The van der Waals surface area contributed by atoms with Crippen LogP contribution in [0.25, 0.3) is 0 Å². The number of halogens is 2. The number of esters is 2. The number of rotatable bonds is 4. The summed E-state index contributed by atoms with van der Waals surface area (Å²) in [5, 5.41) is -2.00. The zero-order valence-electron chi connectivity index (χ0n) is 8.51. The van der Waals surface area contributed by atoms with Crippen molar-refractivity contribution in [3.8, 4) is 0 Å². The van der Waals surface area contributed by atoms with Crippen LogP contribution in [0.1, 0.15) is 19.3 Å². The van der Waals surface area contributed by atoms with Crippen LogP contribution >= 0.6 is 11.6 Å². The predicted molar refractivity (Wildman–Crippen MR) is 50.0 cm³/mol. The number of hydrogen-bond donors (Lipinski definition) is 0. The molecule has 1 fully saturated rings. The third kappa shape index (κ3) is 2.40. The summed E-state index contributed by atoms with van der Waals surface area (Å²) in [6.07, 6.45) is -0.455. The number of carbonyl (C=O) groups excluding carboxylic acids is 2. The smallest absolute Gasteiger partial charge is 0.306 e. The van der Waals surface area contributed by atoms with E-state index in [1.807, 2.05) is 0 Å². The minimum absolute atomic E-state index is 0.0360. The quantitative estimate of drug-likeness (QED) is 0.549. The van der Waals surface area contributed by atoms with Gasteiger partial charge in [0.2, 0.25) is 0 Å². The van der Waals surface area contributed by atoms with E-state index in [0.29, 0.717) is 0 Å². The molecular weight excluding hydrogens is 227 g/mol. The number of ether oxygens (including phenoxy) is 2. The van der Waals surface area contributed by atoms with Gasteiger partial charge in [0.1, 0.15) is 0 Å². The highest BCUT2D eigenvalue weighted by Gasteiger charge is 2.70. The van der Waals surface area contributed by atoms with Gasteiger partial charge in [-0.05, 0) is 0 Å². The van der Waals surface area contributed by atoms with E-state index in [9.17, 15) is 14.0 Å². The van der Waals surface area contributed by atoms with E-state index < -0.39 is 22.5 Å². The molecule has 0 aromatic carbocycles. The van der Waals surface area contributed by atoms with Crippen molar-refractivity contribution in [2.75, 3.05) is 14.2 Å². The molecule has 0 aliphatic heterocycles. The molecule has 15 heavy (non-hydrogen) atoms. The van der Waals surface area contributed by atoms with E-state index in [2.05, 4.69) is 9.47 Å². The molecule has 0 aromatic rings. The Balaban J connectivity index is 2.66. The Hall–Kier alpha value is -0.840. The molecule has 0 amide bonds. The van der Waals surface area contributed by atoms with Crippen molar-refractivity contribution in [2.24, 2.45) is 5.41 Å². The molecule has 1 aliphatic carbocycles. The first-order valence-electron chi connectivity index (χ1n) is 4.38. The molecular formula is C9H12ClFO4. The highest BCUT2D eigenvalue weighted by molar-refractivity contribution is 6.26. The van der Waals surface area contributed by atoms with E-state index in [4.69, 9.17) is 11.6 Å². The third-order valence-electron chi connectivity index (χ3n) is 2.63. The summed E-state index contributed by atoms with van der Waals surface area (Å²) < 4.78 is 22.3. The Kier molecular flexibility index (Phi) is 3.23. The molecule has 0 aromatic heterocycles. The summed E-state index contributed by atoms with van der Waals surface area (Å²) >= 11 is 5.48. The van der Waals surface area contributed by atoms with Gasteiger partial charge in [0.15, 0.2) is 5.13 Å².